The minimum atomic E-state index is -0.0464. The predicted molar refractivity (Wildman–Crippen MR) is 69.6 cm³/mol. The molecule has 1 rings (SSSR count). The van der Waals surface area contributed by atoms with Crippen LogP contribution in [0.5, 0.6) is 0 Å². The minimum Gasteiger partial charge on any atom is -0.352 e. The molecule has 0 saturated carbocycles. The second-order valence-electron chi connectivity index (χ2n) is 3.70. The van der Waals surface area contributed by atoms with Crippen LogP contribution < -0.4 is 11.1 Å². The van der Waals surface area contributed by atoms with Gasteiger partial charge in [-0.05, 0) is 24.6 Å². The maximum atomic E-state index is 11.8. The number of amides is 1. The van der Waals surface area contributed by atoms with Gasteiger partial charge in [0.25, 0.3) is 5.91 Å². The molecule has 0 aliphatic rings. The first kappa shape index (κ1) is 13.3. The van der Waals surface area contributed by atoms with E-state index >= 15 is 0 Å². The van der Waals surface area contributed by atoms with Crippen LogP contribution in [0.3, 0.4) is 0 Å². The summed E-state index contributed by atoms with van der Waals surface area (Å²) in [6.07, 6.45) is 2.07. The third kappa shape index (κ3) is 4.71. The molecular weight excluding hydrogens is 212 g/mol. The van der Waals surface area contributed by atoms with Crippen molar-refractivity contribution in [1.29, 1.82) is 0 Å². The van der Waals surface area contributed by atoms with Crippen molar-refractivity contribution in [2.45, 2.75) is 19.8 Å². The van der Waals surface area contributed by atoms with Gasteiger partial charge in [-0.1, -0.05) is 31.3 Å². The summed E-state index contributed by atoms with van der Waals surface area (Å²) in [5.41, 5.74) is 6.76. The topological polar surface area (TPSA) is 55.1 Å². The molecule has 1 aromatic carbocycles. The molecule has 0 radical (unpaired) electrons. The van der Waals surface area contributed by atoms with Gasteiger partial charge in [0.15, 0.2) is 0 Å². The fraction of sp³-hybridized carbons (Fsp3) is 0.357. The van der Waals surface area contributed by atoms with Crippen molar-refractivity contribution in [3.05, 3.63) is 35.4 Å². The van der Waals surface area contributed by atoms with Gasteiger partial charge in [-0.3, -0.25) is 4.79 Å². The summed E-state index contributed by atoms with van der Waals surface area (Å²) in [6, 6.07) is 7.26. The molecule has 1 amide bonds. The van der Waals surface area contributed by atoms with Gasteiger partial charge < -0.3 is 11.1 Å². The summed E-state index contributed by atoms with van der Waals surface area (Å²) in [5, 5.41) is 2.87. The van der Waals surface area contributed by atoms with Crippen LogP contribution in [0.25, 0.3) is 0 Å². The lowest BCUT2D eigenvalue weighted by Gasteiger charge is -2.04. The van der Waals surface area contributed by atoms with Gasteiger partial charge in [0, 0.05) is 17.7 Å². The van der Waals surface area contributed by atoms with E-state index in [1.807, 2.05) is 12.1 Å². The standard InChI is InChI=1S/C14H18N2O/c1-2-3-10-16-14(17)13-8-4-6-12(11-13)7-5-9-15/h4,6,8,11H,2-3,9-10,15H2,1H3,(H,16,17). The van der Waals surface area contributed by atoms with Crippen LogP contribution in [-0.2, 0) is 0 Å². The molecule has 1 aromatic rings. The number of nitrogens with one attached hydrogen (secondary N) is 1. The van der Waals surface area contributed by atoms with E-state index < -0.39 is 0 Å². The number of carbonyl (C=O) groups excluding carboxylic acids is 1. The molecule has 90 valence electrons. The van der Waals surface area contributed by atoms with Gasteiger partial charge in [0.1, 0.15) is 0 Å². The van der Waals surface area contributed by atoms with Gasteiger partial charge in [-0.15, -0.1) is 0 Å². The first-order valence-corrected chi connectivity index (χ1v) is 5.85. The molecule has 0 heterocycles. The van der Waals surface area contributed by atoms with Crippen LogP contribution in [0.1, 0.15) is 35.7 Å². The molecule has 3 N–H and O–H groups in total. The smallest absolute Gasteiger partial charge is 0.251 e. The second kappa shape index (κ2) is 7.48. The lowest BCUT2D eigenvalue weighted by molar-refractivity contribution is 0.0953. The SMILES string of the molecule is CCCCNC(=O)c1cccc(C#CCN)c1. The molecule has 3 heteroatoms. The molecule has 17 heavy (non-hydrogen) atoms. The Bertz CT molecular complexity index is 429. The molecule has 0 aromatic heterocycles. The highest BCUT2D eigenvalue weighted by Crippen LogP contribution is 2.04. The number of nitrogens with two attached hydrogens (primary N) is 1. The second-order valence-corrected chi connectivity index (χ2v) is 3.70. The molecule has 0 atom stereocenters. The largest absolute Gasteiger partial charge is 0.352 e. The minimum absolute atomic E-state index is 0.0464. The molecular formula is C14H18N2O. The van der Waals surface area contributed by atoms with Gasteiger partial charge >= 0.3 is 0 Å². The molecule has 3 nitrogen and oxygen atoms in total. The number of unbranched alkanes of at least 4 members (excludes halogenated alkanes) is 1. The number of hydrogen-bond acceptors (Lipinski definition) is 2. The molecule has 0 saturated heterocycles. The fourth-order valence-electron chi connectivity index (χ4n) is 1.37. The summed E-state index contributed by atoms with van der Waals surface area (Å²) in [4.78, 5) is 11.8. The molecule has 0 spiro atoms. The van der Waals surface area contributed by atoms with Crippen molar-refractivity contribution in [2.75, 3.05) is 13.1 Å². The zero-order valence-corrected chi connectivity index (χ0v) is 10.1. The monoisotopic (exact) mass is 230 g/mol. The first-order chi connectivity index (χ1) is 8.27. The van der Waals surface area contributed by atoms with Gasteiger partial charge in [0.05, 0.1) is 6.54 Å². The van der Waals surface area contributed by atoms with Gasteiger partial charge in [0.2, 0.25) is 0 Å². The van der Waals surface area contributed by atoms with Crippen molar-refractivity contribution < 1.29 is 4.79 Å². The lowest BCUT2D eigenvalue weighted by Crippen LogP contribution is -2.24. The Morgan fingerprint density at radius 2 is 2.29 bits per heavy atom. The van der Waals surface area contributed by atoms with E-state index in [4.69, 9.17) is 5.73 Å². The molecule has 0 aliphatic carbocycles. The van der Waals surface area contributed by atoms with E-state index in [2.05, 4.69) is 24.1 Å². The quantitative estimate of drug-likeness (QED) is 0.608. The summed E-state index contributed by atoms with van der Waals surface area (Å²) in [6.45, 7) is 3.14. The van der Waals surface area contributed by atoms with E-state index in [0.29, 0.717) is 18.7 Å². The van der Waals surface area contributed by atoms with Gasteiger partial charge in [-0.2, -0.15) is 0 Å². The summed E-state index contributed by atoms with van der Waals surface area (Å²) in [5.74, 6) is 5.63. The van der Waals surface area contributed by atoms with E-state index in [1.165, 1.54) is 0 Å². The predicted octanol–water partition coefficient (Wildman–Crippen LogP) is 1.53. The van der Waals surface area contributed by atoms with Crippen molar-refractivity contribution >= 4 is 5.91 Å². The maximum absolute atomic E-state index is 11.8. The van der Waals surface area contributed by atoms with Crippen LogP contribution in [0.15, 0.2) is 24.3 Å². The lowest BCUT2D eigenvalue weighted by atomic mass is 10.1. The van der Waals surface area contributed by atoms with Crippen LogP contribution in [0, 0.1) is 11.8 Å². The molecule has 0 fully saturated rings. The Morgan fingerprint density at radius 1 is 1.47 bits per heavy atom. The van der Waals surface area contributed by atoms with Crippen molar-refractivity contribution in [2.24, 2.45) is 5.73 Å². The van der Waals surface area contributed by atoms with Crippen molar-refractivity contribution in [3.8, 4) is 11.8 Å². The average Bonchev–Trinajstić information content (AvgIpc) is 2.37. The zero-order chi connectivity index (χ0) is 12.5. The first-order valence-electron chi connectivity index (χ1n) is 5.85. The Morgan fingerprint density at radius 3 is 3.00 bits per heavy atom. The third-order valence-electron chi connectivity index (χ3n) is 2.28. The van der Waals surface area contributed by atoms with Crippen LogP contribution in [0.2, 0.25) is 0 Å². The summed E-state index contributed by atoms with van der Waals surface area (Å²) < 4.78 is 0. The average molecular weight is 230 g/mol. The Hall–Kier alpha value is -1.79. The van der Waals surface area contributed by atoms with Crippen molar-refractivity contribution in [3.63, 3.8) is 0 Å². The summed E-state index contributed by atoms with van der Waals surface area (Å²) >= 11 is 0. The fourth-order valence-corrected chi connectivity index (χ4v) is 1.37. The normalized spacial score (nSPS) is 9.29. The Kier molecular flexibility index (Phi) is 5.84. The van der Waals surface area contributed by atoms with Crippen LogP contribution >= 0.6 is 0 Å². The van der Waals surface area contributed by atoms with E-state index in [0.717, 1.165) is 18.4 Å². The van der Waals surface area contributed by atoms with E-state index in [1.54, 1.807) is 12.1 Å². The number of carbonyl (C=O) groups is 1. The third-order valence-corrected chi connectivity index (χ3v) is 2.28. The molecule has 0 aliphatic heterocycles. The highest BCUT2D eigenvalue weighted by Gasteiger charge is 2.04. The Balaban J connectivity index is 2.67. The summed E-state index contributed by atoms with van der Waals surface area (Å²) in [7, 11) is 0. The number of rotatable bonds is 4. The van der Waals surface area contributed by atoms with Crippen LogP contribution in [0.4, 0.5) is 0 Å². The van der Waals surface area contributed by atoms with Crippen molar-refractivity contribution in [1.82, 2.24) is 5.32 Å². The zero-order valence-electron chi connectivity index (χ0n) is 10.1. The highest BCUT2D eigenvalue weighted by molar-refractivity contribution is 5.94. The van der Waals surface area contributed by atoms with Crippen LogP contribution in [-0.4, -0.2) is 19.0 Å². The Labute approximate surface area is 102 Å². The van der Waals surface area contributed by atoms with Gasteiger partial charge in [-0.25, -0.2) is 0 Å². The van der Waals surface area contributed by atoms with E-state index in [9.17, 15) is 4.79 Å². The number of benzene rings is 1. The maximum Gasteiger partial charge on any atom is 0.251 e. The number of hydrogen-bond donors (Lipinski definition) is 2. The van der Waals surface area contributed by atoms with E-state index in [-0.39, 0.29) is 5.91 Å². The highest BCUT2D eigenvalue weighted by atomic mass is 16.1. The molecule has 0 bridgehead atoms. The molecule has 0 unspecified atom stereocenters.